The van der Waals surface area contributed by atoms with Gasteiger partial charge in [0, 0.05) is 39.3 Å². The summed E-state index contributed by atoms with van der Waals surface area (Å²) in [6.07, 6.45) is 0.965. The Labute approximate surface area is 146 Å². The van der Waals surface area contributed by atoms with Crippen LogP contribution in [-0.4, -0.2) is 67.6 Å². The van der Waals surface area contributed by atoms with Crippen LogP contribution in [-0.2, 0) is 11.3 Å². The zero-order valence-electron chi connectivity index (χ0n) is 15.3. The molecule has 2 rings (SSSR count). The lowest BCUT2D eigenvalue weighted by Crippen LogP contribution is -2.60. The SMILES string of the molecule is CN(CCCNC(=O)C(C)(C)N1CCNCC1)Cc1ccccc1. The maximum Gasteiger partial charge on any atom is 0.239 e. The van der Waals surface area contributed by atoms with Gasteiger partial charge in [-0.05, 0) is 39.4 Å². The van der Waals surface area contributed by atoms with E-state index in [-0.39, 0.29) is 5.91 Å². The molecule has 0 aliphatic carbocycles. The topological polar surface area (TPSA) is 47.6 Å². The average Bonchev–Trinajstić information content (AvgIpc) is 2.60. The lowest BCUT2D eigenvalue weighted by molar-refractivity contribution is -0.132. The van der Waals surface area contributed by atoms with Gasteiger partial charge in [0.1, 0.15) is 0 Å². The Balaban J connectivity index is 1.66. The maximum atomic E-state index is 12.5. The molecule has 1 aromatic rings. The summed E-state index contributed by atoms with van der Waals surface area (Å²) in [5.41, 5.74) is 0.891. The molecule has 1 heterocycles. The van der Waals surface area contributed by atoms with Gasteiger partial charge >= 0.3 is 0 Å². The molecular formula is C19H32N4O. The molecule has 0 spiro atoms. The summed E-state index contributed by atoms with van der Waals surface area (Å²) in [6, 6.07) is 10.5. The van der Waals surface area contributed by atoms with Gasteiger partial charge < -0.3 is 15.5 Å². The van der Waals surface area contributed by atoms with Crippen LogP contribution in [0, 0.1) is 0 Å². The van der Waals surface area contributed by atoms with E-state index < -0.39 is 5.54 Å². The van der Waals surface area contributed by atoms with Crippen LogP contribution in [0.5, 0.6) is 0 Å². The Morgan fingerprint density at radius 3 is 2.58 bits per heavy atom. The largest absolute Gasteiger partial charge is 0.354 e. The van der Waals surface area contributed by atoms with Crippen molar-refractivity contribution >= 4 is 5.91 Å². The summed E-state index contributed by atoms with van der Waals surface area (Å²) in [4.78, 5) is 17.1. The number of carbonyl (C=O) groups excluding carboxylic acids is 1. The van der Waals surface area contributed by atoms with Crippen LogP contribution in [0.15, 0.2) is 30.3 Å². The number of hydrogen-bond acceptors (Lipinski definition) is 4. The highest BCUT2D eigenvalue weighted by atomic mass is 16.2. The Hall–Kier alpha value is -1.43. The average molecular weight is 332 g/mol. The van der Waals surface area contributed by atoms with Gasteiger partial charge in [0.25, 0.3) is 0 Å². The number of carbonyl (C=O) groups is 1. The monoisotopic (exact) mass is 332 g/mol. The van der Waals surface area contributed by atoms with Crippen molar-refractivity contribution in [3.05, 3.63) is 35.9 Å². The van der Waals surface area contributed by atoms with Crippen molar-refractivity contribution in [3.8, 4) is 0 Å². The molecule has 5 heteroatoms. The number of piperazine rings is 1. The second-order valence-corrected chi connectivity index (χ2v) is 7.13. The summed E-state index contributed by atoms with van der Waals surface area (Å²) in [7, 11) is 2.12. The van der Waals surface area contributed by atoms with Crippen LogP contribution in [0.3, 0.4) is 0 Å². The highest BCUT2D eigenvalue weighted by molar-refractivity contribution is 5.85. The van der Waals surface area contributed by atoms with E-state index in [4.69, 9.17) is 0 Å². The van der Waals surface area contributed by atoms with Gasteiger partial charge in [-0.3, -0.25) is 9.69 Å². The smallest absolute Gasteiger partial charge is 0.239 e. The fraction of sp³-hybridized carbons (Fsp3) is 0.632. The minimum Gasteiger partial charge on any atom is -0.354 e. The van der Waals surface area contributed by atoms with Gasteiger partial charge in [0.2, 0.25) is 5.91 Å². The molecule has 1 amide bonds. The number of amides is 1. The van der Waals surface area contributed by atoms with E-state index in [0.717, 1.165) is 52.2 Å². The van der Waals surface area contributed by atoms with E-state index in [1.54, 1.807) is 0 Å². The molecule has 0 radical (unpaired) electrons. The zero-order valence-corrected chi connectivity index (χ0v) is 15.3. The molecule has 134 valence electrons. The van der Waals surface area contributed by atoms with Crippen molar-refractivity contribution in [2.75, 3.05) is 46.3 Å². The number of nitrogens with zero attached hydrogens (tertiary/aromatic N) is 2. The standard InChI is InChI=1S/C19H32N4O/c1-19(2,23-14-11-20-12-15-23)18(24)21-10-7-13-22(3)16-17-8-5-4-6-9-17/h4-6,8-9,20H,7,10-16H2,1-3H3,(H,21,24). The Morgan fingerprint density at radius 1 is 1.25 bits per heavy atom. The molecule has 1 aliphatic rings. The van der Waals surface area contributed by atoms with Crippen molar-refractivity contribution in [2.24, 2.45) is 0 Å². The van der Waals surface area contributed by atoms with Crippen molar-refractivity contribution < 1.29 is 4.79 Å². The van der Waals surface area contributed by atoms with Crippen molar-refractivity contribution in [1.82, 2.24) is 20.4 Å². The normalized spacial score (nSPS) is 16.3. The van der Waals surface area contributed by atoms with Gasteiger partial charge in [-0.25, -0.2) is 0 Å². The molecule has 24 heavy (non-hydrogen) atoms. The number of hydrogen-bond donors (Lipinski definition) is 2. The second-order valence-electron chi connectivity index (χ2n) is 7.13. The number of rotatable bonds is 8. The molecule has 0 saturated carbocycles. The third kappa shape index (κ3) is 5.58. The van der Waals surface area contributed by atoms with Crippen LogP contribution in [0.25, 0.3) is 0 Å². The van der Waals surface area contributed by atoms with E-state index in [1.807, 2.05) is 19.9 Å². The van der Waals surface area contributed by atoms with Gasteiger partial charge in [0.15, 0.2) is 0 Å². The maximum absolute atomic E-state index is 12.5. The fourth-order valence-corrected chi connectivity index (χ4v) is 3.11. The van der Waals surface area contributed by atoms with Gasteiger partial charge in [-0.15, -0.1) is 0 Å². The Bertz CT molecular complexity index is 497. The minimum absolute atomic E-state index is 0.134. The summed E-state index contributed by atoms with van der Waals surface area (Å²) in [6.45, 7) is 10.5. The Morgan fingerprint density at radius 2 is 1.92 bits per heavy atom. The molecule has 2 N–H and O–H groups in total. The van der Waals surface area contributed by atoms with Crippen molar-refractivity contribution in [2.45, 2.75) is 32.4 Å². The Kier molecular flexibility index (Phi) is 7.21. The molecular weight excluding hydrogens is 300 g/mol. The summed E-state index contributed by atoms with van der Waals surface area (Å²) in [5.74, 6) is 0.134. The summed E-state index contributed by atoms with van der Waals surface area (Å²) >= 11 is 0. The highest BCUT2D eigenvalue weighted by Crippen LogP contribution is 2.15. The molecule has 1 aliphatic heterocycles. The summed E-state index contributed by atoms with van der Waals surface area (Å²) in [5, 5.41) is 6.44. The van der Waals surface area contributed by atoms with Gasteiger partial charge in [-0.2, -0.15) is 0 Å². The van der Waals surface area contributed by atoms with Crippen molar-refractivity contribution in [1.29, 1.82) is 0 Å². The summed E-state index contributed by atoms with van der Waals surface area (Å²) < 4.78 is 0. The predicted molar refractivity (Wildman–Crippen MR) is 98.9 cm³/mol. The van der Waals surface area contributed by atoms with E-state index in [0.29, 0.717) is 0 Å². The van der Waals surface area contributed by atoms with Crippen LogP contribution < -0.4 is 10.6 Å². The number of benzene rings is 1. The van der Waals surface area contributed by atoms with E-state index in [9.17, 15) is 4.79 Å². The van der Waals surface area contributed by atoms with E-state index >= 15 is 0 Å². The van der Waals surface area contributed by atoms with Crippen LogP contribution in [0.1, 0.15) is 25.8 Å². The van der Waals surface area contributed by atoms with Crippen LogP contribution in [0.4, 0.5) is 0 Å². The first-order valence-electron chi connectivity index (χ1n) is 8.96. The highest BCUT2D eigenvalue weighted by Gasteiger charge is 2.34. The molecule has 0 bridgehead atoms. The van der Waals surface area contributed by atoms with Crippen LogP contribution in [0.2, 0.25) is 0 Å². The van der Waals surface area contributed by atoms with Gasteiger partial charge in [-0.1, -0.05) is 30.3 Å². The zero-order chi connectivity index (χ0) is 17.4. The van der Waals surface area contributed by atoms with E-state index in [2.05, 4.69) is 51.7 Å². The third-order valence-electron chi connectivity index (χ3n) is 4.76. The molecule has 1 aromatic carbocycles. The molecule has 0 aromatic heterocycles. The third-order valence-corrected chi connectivity index (χ3v) is 4.76. The first-order chi connectivity index (χ1) is 11.5. The predicted octanol–water partition coefficient (Wildman–Crippen LogP) is 1.31. The lowest BCUT2D eigenvalue weighted by Gasteiger charge is -2.39. The van der Waals surface area contributed by atoms with Gasteiger partial charge in [0.05, 0.1) is 5.54 Å². The molecule has 1 fully saturated rings. The minimum atomic E-state index is -0.432. The quantitative estimate of drug-likeness (QED) is 0.705. The molecule has 0 atom stereocenters. The van der Waals surface area contributed by atoms with E-state index in [1.165, 1.54) is 5.56 Å². The molecule has 0 unspecified atom stereocenters. The molecule has 5 nitrogen and oxygen atoms in total. The fourth-order valence-electron chi connectivity index (χ4n) is 3.11. The number of nitrogens with one attached hydrogen (secondary N) is 2. The van der Waals surface area contributed by atoms with Crippen LogP contribution >= 0.6 is 0 Å². The molecule has 1 saturated heterocycles. The first kappa shape index (κ1) is 18.9. The second kappa shape index (κ2) is 9.16. The lowest BCUT2D eigenvalue weighted by atomic mass is 10.0. The first-order valence-corrected chi connectivity index (χ1v) is 8.96. The van der Waals surface area contributed by atoms with Crippen molar-refractivity contribution in [3.63, 3.8) is 0 Å².